The minimum atomic E-state index is 0.218. The first-order valence-corrected chi connectivity index (χ1v) is 9.63. The minimum absolute atomic E-state index is 0.218. The zero-order valence-corrected chi connectivity index (χ0v) is 15.9. The summed E-state index contributed by atoms with van der Waals surface area (Å²) in [5.41, 5.74) is 2.11. The van der Waals surface area contributed by atoms with Crippen molar-refractivity contribution in [2.75, 3.05) is 24.5 Å². The lowest BCUT2D eigenvalue weighted by Gasteiger charge is -2.16. The summed E-state index contributed by atoms with van der Waals surface area (Å²) in [5, 5.41) is 6.64. The number of benzene rings is 1. The molecule has 2 heterocycles. The summed E-state index contributed by atoms with van der Waals surface area (Å²) >= 11 is 0. The van der Waals surface area contributed by atoms with E-state index < -0.39 is 0 Å². The standard InChI is InChI=1S/C20H28N6O/c1-2-22-20(23-10-4-12-25-14-11-21-16-25)24-15-17-6-8-18(9-7-17)26-13-3-5-19(26)27/h6-9,11,14,16H,2-5,10,12-13,15H2,1H3,(H2,22,23,24). The first-order chi connectivity index (χ1) is 13.3. The fourth-order valence-corrected chi connectivity index (χ4v) is 3.10. The Bertz CT molecular complexity index is 738. The molecule has 2 aromatic rings. The molecule has 1 aromatic heterocycles. The number of hydrogen-bond acceptors (Lipinski definition) is 3. The average molecular weight is 368 g/mol. The summed E-state index contributed by atoms with van der Waals surface area (Å²) in [6, 6.07) is 8.12. The van der Waals surface area contributed by atoms with Crippen molar-refractivity contribution in [2.45, 2.75) is 39.3 Å². The number of nitrogens with one attached hydrogen (secondary N) is 2. The molecule has 0 radical (unpaired) electrons. The number of carbonyl (C=O) groups excluding carboxylic acids is 1. The molecule has 1 aliphatic heterocycles. The Morgan fingerprint density at radius 1 is 1.26 bits per heavy atom. The van der Waals surface area contributed by atoms with Gasteiger partial charge >= 0.3 is 0 Å². The van der Waals surface area contributed by atoms with Gasteiger partial charge in [-0.15, -0.1) is 0 Å². The quantitative estimate of drug-likeness (QED) is 0.425. The molecule has 0 atom stereocenters. The van der Waals surface area contributed by atoms with Crippen LogP contribution in [-0.4, -0.2) is 41.1 Å². The summed E-state index contributed by atoms with van der Waals surface area (Å²) in [4.78, 5) is 22.4. The molecule has 1 aromatic carbocycles. The van der Waals surface area contributed by atoms with Crippen molar-refractivity contribution < 1.29 is 4.79 Å². The lowest BCUT2D eigenvalue weighted by molar-refractivity contribution is -0.117. The molecule has 7 nitrogen and oxygen atoms in total. The van der Waals surface area contributed by atoms with Crippen LogP contribution in [0.1, 0.15) is 31.7 Å². The van der Waals surface area contributed by atoms with Gasteiger partial charge in [0.1, 0.15) is 0 Å². The van der Waals surface area contributed by atoms with E-state index in [4.69, 9.17) is 0 Å². The van der Waals surface area contributed by atoms with Crippen LogP contribution in [-0.2, 0) is 17.9 Å². The highest BCUT2D eigenvalue weighted by molar-refractivity contribution is 5.95. The summed E-state index contributed by atoms with van der Waals surface area (Å²) < 4.78 is 2.07. The van der Waals surface area contributed by atoms with Crippen LogP contribution in [0.4, 0.5) is 5.69 Å². The van der Waals surface area contributed by atoms with Gasteiger partial charge in [0.15, 0.2) is 5.96 Å². The van der Waals surface area contributed by atoms with Crippen LogP contribution < -0.4 is 15.5 Å². The molecular formula is C20H28N6O. The number of anilines is 1. The summed E-state index contributed by atoms with van der Waals surface area (Å²) in [6.45, 7) is 6.09. The Hall–Kier alpha value is -2.83. The zero-order chi connectivity index (χ0) is 18.9. The predicted octanol–water partition coefficient (Wildman–Crippen LogP) is 2.16. The van der Waals surface area contributed by atoms with Gasteiger partial charge in [-0.2, -0.15) is 0 Å². The van der Waals surface area contributed by atoms with Gasteiger partial charge < -0.3 is 20.1 Å². The number of nitrogens with zero attached hydrogens (tertiary/aromatic N) is 4. The van der Waals surface area contributed by atoms with Crippen LogP contribution in [0.15, 0.2) is 48.0 Å². The third-order valence-corrected chi connectivity index (χ3v) is 4.53. The highest BCUT2D eigenvalue weighted by Gasteiger charge is 2.21. The molecule has 7 heteroatoms. The van der Waals surface area contributed by atoms with E-state index in [1.807, 2.05) is 41.7 Å². The number of amides is 1. The van der Waals surface area contributed by atoms with Crippen LogP contribution in [0.5, 0.6) is 0 Å². The molecule has 1 fully saturated rings. The first-order valence-electron chi connectivity index (χ1n) is 9.63. The van der Waals surface area contributed by atoms with E-state index in [2.05, 4.69) is 32.1 Å². The maximum atomic E-state index is 11.8. The highest BCUT2D eigenvalue weighted by atomic mass is 16.2. The van der Waals surface area contributed by atoms with Crippen molar-refractivity contribution in [3.05, 3.63) is 48.5 Å². The number of aryl methyl sites for hydroxylation is 1. The van der Waals surface area contributed by atoms with E-state index >= 15 is 0 Å². The molecule has 1 aliphatic rings. The second kappa shape index (κ2) is 9.75. The van der Waals surface area contributed by atoms with E-state index in [1.165, 1.54) is 0 Å². The maximum absolute atomic E-state index is 11.8. The van der Waals surface area contributed by atoms with Crippen molar-refractivity contribution >= 4 is 17.6 Å². The van der Waals surface area contributed by atoms with Gasteiger partial charge in [-0.05, 0) is 37.5 Å². The number of rotatable bonds is 8. The molecule has 0 unspecified atom stereocenters. The number of hydrogen-bond donors (Lipinski definition) is 2. The zero-order valence-electron chi connectivity index (χ0n) is 15.9. The first kappa shape index (κ1) is 18.9. The fraction of sp³-hybridized carbons (Fsp3) is 0.450. The summed E-state index contributed by atoms with van der Waals surface area (Å²) in [6.07, 6.45) is 8.20. The molecule has 0 spiro atoms. The van der Waals surface area contributed by atoms with Crippen LogP contribution in [0, 0.1) is 0 Å². The molecule has 144 valence electrons. The molecule has 2 N–H and O–H groups in total. The van der Waals surface area contributed by atoms with E-state index in [0.717, 1.165) is 56.2 Å². The van der Waals surface area contributed by atoms with Gasteiger partial charge in [-0.1, -0.05) is 12.1 Å². The van der Waals surface area contributed by atoms with E-state index in [9.17, 15) is 4.79 Å². The Labute approximate surface area is 160 Å². The number of aromatic nitrogens is 2. The smallest absolute Gasteiger partial charge is 0.227 e. The Morgan fingerprint density at radius 3 is 2.78 bits per heavy atom. The average Bonchev–Trinajstić information content (AvgIpc) is 3.35. The van der Waals surface area contributed by atoms with Crippen LogP contribution in [0.3, 0.4) is 0 Å². The van der Waals surface area contributed by atoms with E-state index in [-0.39, 0.29) is 5.91 Å². The van der Waals surface area contributed by atoms with Crippen LogP contribution >= 0.6 is 0 Å². The summed E-state index contributed by atoms with van der Waals surface area (Å²) in [7, 11) is 0. The van der Waals surface area contributed by atoms with Crippen LogP contribution in [0.25, 0.3) is 0 Å². The second-order valence-electron chi connectivity index (χ2n) is 6.59. The van der Waals surface area contributed by atoms with Gasteiger partial charge in [-0.3, -0.25) is 4.79 Å². The maximum Gasteiger partial charge on any atom is 0.227 e. The van der Waals surface area contributed by atoms with E-state index in [0.29, 0.717) is 13.0 Å². The van der Waals surface area contributed by atoms with Gasteiger partial charge in [0.2, 0.25) is 5.91 Å². The fourth-order valence-electron chi connectivity index (χ4n) is 3.10. The Kier molecular flexibility index (Phi) is 6.84. The number of carbonyl (C=O) groups is 1. The molecule has 0 saturated carbocycles. The normalized spacial score (nSPS) is 14.6. The van der Waals surface area contributed by atoms with Crippen molar-refractivity contribution in [3.8, 4) is 0 Å². The monoisotopic (exact) mass is 368 g/mol. The SMILES string of the molecule is CCNC(=NCc1ccc(N2CCCC2=O)cc1)NCCCn1ccnc1. The Balaban J connectivity index is 1.49. The lowest BCUT2D eigenvalue weighted by Crippen LogP contribution is -2.38. The molecular weight excluding hydrogens is 340 g/mol. The molecule has 1 saturated heterocycles. The number of guanidine groups is 1. The third kappa shape index (κ3) is 5.57. The van der Waals surface area contributed by atoms with Crippen molar-refractivity contribution in [2.24, 2.45) is 4.99 Å². The topological polar surface area (TPSA) is 74.6 Å². The lowest BCUT2D eigenvalue weighted by atomic mass is 10.2. The molecule has 27 heavy (non-hydrogen) atoms. The molecule has 0 bridgehead atoms. The van der Waals surface area contributed by atoms with E-state index in [1.54, 1.807) is 6.20 Å². The minimum Gasteiger partial charge on any atom is -0.357 e. The van der Waals surface area contributed by atoms with Crippen LogP contribution in [0.2, 0.25) is 0 Å². The van der Waals surface area contributed by atoms with Gasteiger partial charge in [0, 0.05) is 50.7 Å². The molecule has 1 amide bonds. The van der Waals surface area contributed by atoms with Crippen molar-refractivity contribution in [1.82, 2.24) is 20.2 Å². The van der Waals surface area contributed by atoms with Gasteiger partial charge in [0.05, 0.1) is 12.9 Å². The predicted molar refractivity (Wildman–Crippen MR) is 108 cm³/mol. The molecule has 0 aliphatic carbocycles. The summed E-state index contributed by atoms with van der Waals surface area (Å²) in [5.74, 6) is 1.04. The Morgan fingerprint density at radius 2 is 2.11 bits per heavy atom. The number of aliphatic imine (C=N–C) groups is 1. The van der Waals surface area contributed by atoms with Gasteiger partial charge in [-0.25, -0.2) is 9.98 Å². The largest absolute Gasteiger partial charge is 0.357 e. The van der Waals surface area contributed by atoms with Crippen molar-refractivity contribution in [3.63, 3.8) is 0 Å². The molecule has 3 rings (SSSR count). The highest BCUT2D eigenvalue weighted by Crippen LogP contribution is 2.21. The second-order valence-corrected chi connectivity index (χ2v) is 6.59. The van der Waals surface area contributed by atoms with Gasteiger partial charge in [0.25, 0.3) is 0 Å². The third-order valence-electron chi connectivity index (χ3n) is 4.53. The number of imidazole rings is 1. The van der Waals surface area contributed by atoms with Crippen molar-refractivity contribution in [1.29, 1.82) is 0 Å².